The van der Waals surface area contributed by atoms with Crippen LogP contribution in [0.15, 0.2) is 60.7 Å². The van der Waals surface area contributed by atoms with Gasteiger partial charge in [0, 0.05) is 24.0 Å². The van der Waals surface area contributed by atoms with E-state index in [1.165, 1.54) is 12.1 Å². The first-order chi connectivity index (χ1) is 16.8. The Kier molecular flexibility index (Phi) is 7.22. The van der Waals surface area contributed by atoms with Crippen molar-refractivity contribution in [3.63, 3.8) is 0 Å². The number of fused-ring (bicyclic) bond motifs is 1. The maximum atomic E-state index is 14.5. The fourth-order valence-corrected chi connectivity index (χ4v) is 4.19. The van der Waals surface area contributed by atoms with E-state index in [1.807, 2.05) is 32.0 Å². The Morgan fingerprint density at radius 2 is 1.66 bits per heavy atom. The van der Waals surface area contributed by atoms with Crippen molar-refractivity contribution in [3.05, 3.63) is 99.5 Å². The van der Waals surface area contributed by atoms with Gasteiger partial charge >= 0.3 is 0 Å². The highest BCUT2D eigenvalue weighted by molar-refractivity contribution is 6.30. The van der Waals surface area contributed by atoms with Gasteiger partial charge in [-0.3, -0.25) is 4.79 Å². The number of pyridine rings is 1. The molecule has 0 saturated carbocycles. The van der Waals surface area contributed by atoms with Crippen molar-refractivity contribution in [2.24, 2.45) is 0 Å². The molecule has 4 rings (SSSR count). The number of rotatable bonds is 7. The zero-order valence-corrected chi connectivity index (χ0v) is 20.8. The maximum Gasteiger partial charge on any atom is 0.257 e. The van der Waals surface area contributed by atoms with Crippen LogP contribution in [0.5, 0.6) is 11.5 Å². The monoisotopic (exact) mass is 492 g/mol. The lowest BCUT2D eigenvalue weighted by atomic mass is 10.0. The van der Waals surface area contributed by atoms with Crippen LogP contribution in [0.4, 0.5) is 4.39 Å². The van der Waals surface area contributed by atoms with Gasteiger partial charge in [0.25, 0.3) is 5.91 Å². The predicted octanol–water partition coefficient (Wildman–Crippen LogP) is 6.50. The van der Waals surface area contributed by atoms with Crippen LogP contribution in [0.1, 0.15) is 32.6 Å². The lowest BCUT2D eigenvalue weighted by Gasteiger charge is -2.24. The fraction of sp³-hybridized carbons (Fsp3) is 0.214. The van der Waals surface area contributed by atoms with Crippen LogP contribution in [-0.4, -0.2) is 30.0 Å². The van der Waals surface area contributed by atoms with E-state index in [0.717, 1.165) is 27.6 Å². The van der Waals surface area contributed by atoms with Gasteiger partial charge in [0.15, 0.2) is 11.5 Å². The topological polar surface area (TPSA) is 51.7 Å². The second-order valence-electron chi connectivity index (χ2n) is 8.40. The second kappa shape index (κ2) is 10.3. The number of carbonyl (C=O) groups excluding carboxylic acids is 1. The molecule has 0 N–H and O–H groups in total. The molecule has 4 aromatic rings. The van der Waals surface area contributed by atoms with E-state index in [1.54, 1.807) is 43.4 Å². The van der Waals surface area contributed by atoms with Gasteiger partial charge in [0.2, 0.25) is 0 Å². The highest BCUT2D eigenvalue weighted by Crippen LogP contribution is 2.30. The second-order valence-corrected chi connectivity index (χ2v) is 8.76. The average molecular weight is 493 g/mol. The van der Waals surface area contributed by atoms with E-state index < -0.39 is 11.7 Å². The Bertz CT molecular complexity index is 1410. The number of halogens is 2. The number of hydrogen-bond acceptors (Lipinski definition) is 4. The Labute approximate surface area is 209 Å². The summed E-state index contributed by atoms with van der Waals surface area (Å²) < 4.78 is 25.3. The van der Waals surface area contributed by atoms with Crippen LogP contribution in [0.2, 0.25) is 5.15 Å². The van der Waals surface area contributed by atoms with Gasteiger partial charge in [-0.05, 0) is 73.0 Å². The molecule has 0 spiro atoms. The first kappa shape index (κ1) is 24.5. The minimum absolute atomic E-state index is 0.00989. The van der Waals surface area contributed by atoms with E-state index >= 15 is 0 Å². The molecule has 35 heavy (non-hydrogen) atoms. The molecule has 5 nitrogen and oxygen atoms in total. The van der Waals surface area contributed by atoms with E-state index in [9.17, 15) is 9.18 Å². The lowest BCUT2D eigenvalue weighted by molar-refractivity contribution is 0.0725. The van der Waals surface area contributed by atoms with Gasteiger partial charge < -0.3 is 14.4 Å². The van der Waals surface area contributed by atoms with Crippen molar-refractivity contribution in [3.8, 4) is 11.5 Å². The quantitative estimate of drug-likeness (QED) is 0.276. The van der Waals surface area contributed by atoms with E-state index in [0.29, 0.717) is 22.2 Å². The van der Waals surface area contributed by atoms with Crippen LogP contribution in [0, 0.1) is 19.7 Å². The molecule has 180 valence electrons. The molecule has 1 heterocycles. The van der Waals surface area contributed by atoms with Crippen LogP contribution in [0.3, 0.4) is 0 Å². The van der Waals surface area contributed by atoms with Crippen molar-refractivity contribution >= 4 is 28.4 Å². The molecule has 0 aliphatic heterocycles. The number of ether oxygens (including phenoxy) is 2. The van der Waals surface area contributed by atoms with Crippen LogP contribution in [0.25, 0.3) is 10.9 Å². The fourth-order valence-electron chi connectivity index (χ4n) is 3.98. The summed E-state index contributed by atoms with van der Waals surface area (Å²) in [7, 11) is 3.11. The zero-order chi connectivity index (χ0) is 25.1. The summed E-state index contributed by atoms with van der Waals surface area (Å²) in [6, 6.07) is 17.3. The summed E-state index contributed by atoms with van der Waals surface area (Å²) in [5.74, 6) is 0.0907. The molecule has 0 bridgehead atoms. The number of aryl methyl sites for hydroxylation is 2. The molecular weight excluding hydrogens is 467 g/mol. The van der Waals surface area contributed by atoms with Crippen molar-refractivity contribution in [2.45, 2.75) is 26.9 Å². The standard InChI is InChI=1S/C28H26ClFN2O3/c1-17-11-20-14-21(27(29)31-24(20)12-18(17)2)16-32(28(33)22-7-5-6-8-23(22)30)15-19-9-10-25(34-3)26(13-19)35-4/h5-14H,15-16H2,1-4H3. The number of nitrogens with zero attached hydrogens (tertiary/aromatic N) is 2. The maximum absolute atomic E-state index is 14.5. The Morgan fingerprint density at radius 1 is 0.943 bits per heavy atom. The normalized spacial score (nSPS) is 10.9. The molecule has 1 aromatic heterocycles. The summed E-state index contributed by atoms with van der Waals surface area (Å²) >= 11 is 6.55. The molecule has 0 saturated heterocycles. The van der Waals surface area contributed by atoms with E-state index in [4.69, 9.17) is 21.1 Å². The van der Waals surface area contributed by atoms with Gasteiger partial charge in [-0.2, -0.15) is 0 Å². The van der Waals surface area contributed by atoms with Gasteiger partial charge in [-0.1, -0.05) is 29.8 Å². The molecule has 0 aliphatic carbocycles. The number of methoxy groups -OCH3 is 2. The lowest BCUT2D eigenvalue weighted by Crippen LogP contribution is -2.31. The summed E-state index contributed by atoms with van der Waals surface area (Å²) in [5, 5.41) is 1.23. The summed E-state index contributed by atoms with van der Waals surface area (Å²) in [5.41, 5.74) is 4.50. The molecule has 0 aliphatic rings. The number of benzene rings is 3. The number of aromatic nitrogens is 1. The third-order valence-electron chi connectivity index (χ3n) is 6.03. The molecule has 0 unspecified atom stereocenters. The van der Waals surface area contributed by atoms with Gasteiger partial charge in [0.1, 0.15) is 11.0 Å². The van der Waals surface area contributed by atoms with Crippen molar-refractivity contribution in [2.75, 3.05) is 14.2 Å². The molecular formula is C28H26ClFN2O3. The van der Waals surface area contributed by atoms with Crippen LogP contribution < -0.4 is 9.47 Å². The molecule has 1 amide bonds. The minimum atomic E-state index is -0.580. The van der Waals surface area contributed by atoms with Crippen LogP contribution >= 0.6 is 11.6 Å². The Morgan fingerprint density at radius 3 is 2.37 bits per heavy atom. The Balaban J connectivity index is 1.74. The van der Waals surface area contributed by atoms with E-state index in [-0.39, 0.29) is 18.7 Å². The highest BCUT2D eigenvalue weighted by Gasteiger charge is 2.22. The molecule has 3 aromatic carbocycles. The number of amides is 1. The SMILES string of the molecule is COc1ccc(CN(Cc2cc3cc(C)c(C)cc3nc2Cl)C(=O)c2ccccc2F)cc1OC. The Hall–Kier alpha value is -3.64. The average Bonchev–Trinajstić information content (AvgIpc) is 2.85. The summed E-state index contributed by atoms with van der Waals surface area (Å²) in [6.07, 6.45) is 0. The largest absolute Gasteiger partial charge is 0.493 e. The number of carbonyl (C=O) groups is 1. The van der Waals surface area contributed by atoms with Crippen molar-refractivity contribution in [1.29, 1.82) is 0 Å². The third-order valence-corrected chi connectivity index (χ3v) is 6.36. The number of hydrogen-bond donors (Lipinski definition) is 0. The molecule has 0 atom stereocenters. The smallest absolute Gasteiger partial charge is 0.257 e. The summed E-state index contributed by atoms with van der Waals surface area (Å²) in [4.78, 5) is 19.6. The van der Waals surface area contributed by atoms with Gasteiger partial charge in [-0.25, -0.2) is 9.37 Å². The van der Waals surface area contributed by atoms with Crippen molar-refractivity contribution in [1.82, 2.24) is 9.88 Å². The first-order valence-electron chi connectivity index (χ1n) is 11.1. The molecule has 0 radical (unpaired) electrons. The third kappa shape index (κ3) is 5.23. The molecule has 0 fully saturated rings. The van der Waals surface area contributed by atoms with Gasteiger partial charge in [-0.15, -0.1) is 0 Å². The molecule has 7 heteroatoms. The highest BCUT2D eigenvalue weighted by atomic mass is 35.5. The van der Waals surface area contributed by atoms with Gasteiger partial charge in [0.05, 0.1) is 25.3 Å². The minimum Gasteiger partial charge on any atom is -0.493 e. The van der Waals surface area contributed by atoms with Crippen LogP contribution in [-0.2, 0) is 13.1 Å². The predicted molar refractivity (Wildman–Crippen MR) is 136 cm³/mol. The zero-order valence-electron chi connectivity index (χ0n) is 20.1. The first-order valence-corrected chi connectivity index (χ1v) is 11.5. The van der Waals surface area contributed by atoms with E-state index in [2.05, 4.69) is 11.1 Å². The van der Waals surface area contributed by atoms with Crippen molar-refractivity contribution < 1.29 is 18.7 Å². The summed E-state index contributed by atoms with van der Waals surface area (Å²) in [6.45, 7) is 4.41.